The van der Waals surface area contributed by atoms with E-state index in [1.54, 1.807) is 0 Å². The molecule has 2 aliphatic rings. The van der Waals surface area contributed by atoms with E-state index in [2.05, 4.69) is 17.6 Å². The highest BCUT2D eigenvalue weighted by atomic mass is 16.3. The van der Waals surface area contributed by atoms with Crippen molar-refractivity contribution < 1.29 is 5.11 Å². The minimum absolute atomic E-state index is 0.137. The van der Waals surface area contributed by atoms with Crippen molar-refractivity contribution in [3.05, 3.63) is 0 Å². The first kappa shape index (κ1) is 10.4. The lowest BCUT2D eigenvalue weighted by molar-refractivity contribution is 0.0820. The topological polar surface area (TPSA) is 44.3 Å². The summed E-state index contributed by atoms with van der Waals surface area (Å²) in [5.41, 5.74) is 0. The molecule has 82 valence electrons. The molecule has 0 bridgehead atoms. The standard InChI is InChI=1S/C11H22N2O/c1-2-8-5-10(13-6-8)11(14)9-3-4-12-7-9/h8-14H,2-7H2,1H3/t8-,9+,10-,11+/m0/s1. The van der Waals surface area contributed by atoms with Crippen molar-refractivity contribution in [2.24, 2.45) is 11.8 Å². The van der Waals surface area contributed by atoms with Crippen LogP contribution in [0, 0.1) is 11.8 Å². The largest absolute Gasteiger partial charge is 0.391 e. The van der Waals surface area contributed by atoms with Gasteiger partial charge in [-0.15, -0.1) is 0 Å². The van der Waals surface area contributed by atoms with E-state index < -0.39 is 0 Å². The molecule has 0 unspecified atom stereocenters. The lowest BCUT2D eigenvalue weighted by Crippen LogP contribution is -2.40. The summed E-state index contributed by atoms with van der Waals surface area (Å²) in [6, 6.07) is 0.352. The Labute approximate surface area is 86.3 Å². The van der Waals surface area contributed by atoms with Crippen LogP contribution in [0.4, 0.5) is 0 Å². The van der Waals surface area contributed by atoms with Crippen molar-refractivity contribution in [2.45, 2.75) is 38.3 Å². The van der Waals surface area contributed by atoms with E-state index in [0.29, 0.717) is 12.0 Å². The first-order chi connectivity index (χ1) is 6.81. The van der Waals surface area contributed by atoms with Crippen LogP contribution >= 0.6 is 0 Å². The van der Waals surface area contributed by atoms with Crippen LogP contribution in [-0.2, 0) is 0 Å². The number of aliphatic hydroxyl groups excluding tert-OH is 1. The van der Waals surface area contributed by atoms with Crippen molar-refractivity contribution >= 4 is 0 Å². The summed E-state index contributed by atoms with van der Waals surface area (Å²) in [5.74, 6) is 1.26. The maximum atomic E-state index is 10.2. The average Bonchev–Trinajstić information content (AvgIpc) is 2.88. The molecule has 3 nitrogen and oxygen atoms in total. The number of rotatable bonds is 3. The van der Waals surface area contributed by atoms with Gasteiger partial charge in [-0.25, -0.2) is 0 Å². The zero-order chi connectivity index (χ0) is 9.97. The van der Waals surface area contributed by atoms with Crippen molar-refractivity contribution in [1.82, 2.24) is 10.6 Å². The molecule has 0 aromatic heterocycles. The van der Waals surface area contributed by atoms with Crippen molar-refractivity contribution in [3.63, 3.8) is 0 Å². The highest BCUT2D eigenvalue weighted by molar-refractivity contribution is 4.91. The Morgan fingerprint density at radius 2 is 2.29 bits per heavy atom. The van der Waals surface area contributed by atoms with Crippen molar-refractivity contribution in [1.29, 1.82) is 0 Å². The number of hydrogen-bond acceptors (Lipinski definition) is 3. The van der Waals surface area contributed by atoms with E-state index in [9.17, 15) is 5.11 Å². The Bertz CT molecular complexity index is 180. The second kappa shape index (κ2) is 4.60. The molecule has 0 aliphatic carbocycles. The third-order valence-corrected chi connectivity index (χ3v) is 3.83. The Kier molecular flexibility index (Phi) is 3.42. The molecule has 4 atom stereocenters. The fraction of sp³-hybridized carbons (Fsp3) is 1.00. The van der Waals surface area contributed by atoms with Gasteiger partial charge in [-0.1, -0.05) is 13.3 Å². The summed E-state index contributed by atoms with van der Waals surface area (Å²) < 4.78 is 0. The van der Waals surface area contributed by atoms with Gasteiger partial charge in [-0.2, -0.15) is 0 Å². The van der Waals surface area contributed by atoms with Gasteiger partial charge in [0.2, 0.25) is 0 Å². The molecule has 0 aromatic rings. The van der Waals surface area contributed by atoms with Crippen LogP contribution < -0.4 is 10.6 Å². The Balaban J connectivity index is 1.83. The summed E-state index contributed by atoms with van der Waals surface area (Å²) in [6.45, 7) is 5.40. The van der Waals surface area contributed by atoms with E-state index in [0.717, 1.165) is 38.4 Å². The average molecular weight is 198 g/mol. The predicted octanol–water partition coefficient (Wildman–Crippen LogP) is 0.345. The van der Waals surface area contributed by atoms with Crippen LogP contribution in [0.1, 0.15) is 26.2 Å². The highest BCUT2D eigenvalue weighted by Gasteiger charge is 2.34. The quantitative estimate of drug-likeness (QED) is 0.613. The van der Waals surface area contributed by atoms with Crippen molar-refractivity contribution in [3.8, 4) is 0 Å². The molecule has 2 fully saturated rings. The summed E-state index contributed by atoms with van der Waals surface area (Å²) in [7, 11) is 0. The molecule has 2 aliphatic heterocycles. The minimum Gasteiger partial charge on any atom is -0.391 e. The van der Waals surface area contributed by atoms with E-state index >= 15 is 0 Å². The molecule has 3 N–H and O–H groups in total. The van der Waals surface area contributed by atoms with Crippen LogP contribution in [0.3, 0.4) is 0 Å². The summed E-state index contributed by atoms with van der Waals surface area (Å²) in [4.78, 5) is 0. The molecule has 0 amide bonds. The van der Waals surface area contributed by atoms with Gasteiger partial charge >= 0.3 is 0 Å². The summed E-state index contributed by atoms with van der Waals surface area (Å²) in [6.07, 6.45) is 3.39. The Morgan fingerprint density at radius 3 is 2.86 bits per heavy atom. The Morgan fingerprint density at radius 1 is 1.43 bits per heavy atom. The molecule has 14 heavy (non-hydrogen) atoms. The van der Waals surface area contributed by atoms with E-state index in [-0.39, 0.29) is 6.10 Å². The lowest BCUT2D eigenvalue weighted by Gasteiger charge is -2.23. The zero-order valence-electron chi connectivity index (χ0n) is 9.00. The lowest BCUT2D eigenvalue weighted by atomic mass is 9.92. The smallest absolute Gasteiger partial charge is 0.0733 e. The maximum absolute atomic E-state index is 10.2. The zero-order valence-corrected chi connectivity index (χ0v) is 9.00. The van der Waals surface area contributed by atoms with Gasteiger partial charge in [-0.05, 0) is 31.8 Å². The maximum Gasteiger partial charge on any atom is 0.0733 e. The van der Waals surface area contributed by atoms with E-state index in [1.807, 2.05) is 0 Å². The second-order valence-electron chi connectivity index (χ2n) is 4.77. The number of nitrogens with one attached hydrogen (secondary N) is 2. The van der Waals surface area contributed by atoms with Gasteiger partial charge in [0.1, 0.15) is 0 Å². The van der Waals surface area contributed by atoms with Gasteiger partial charge in [0.15, 0.2) is 0 Å². The van der Waals surface area contributed by atoms with Crippen LogP contribution in [0.5, 0.6) is 0 Å². The normalized spacial score (nSPS) is 40.3. The van der Waals surface area contributed by atoms with Crippen molar-refractivity contribution in [2.75, 3.05) is 19.6 Å². The summed E-state index contributed by atoms with van der Waals surface area (Å²) >= 11 is 0. The first-order valence-corrected chi connectivity index (χ1v) is 5.93. The van der Waals surface area contributed by atoms with Crippen LogP contribution in [0.15, 0.2) is 0 Å². The van der Waals surface area contributed by atoms with Gasteiger partial charge in [0.25, 0.3) is 0 Å². The van der Waals surface area contributed by atoms with Gasteiger partial charge in [0, 0.05) is 18.5 Å². The fourth-order valence-corrected chi connectivity index (χ4v) is 2.71. The van der Waals surface area contributed by atoms with Gasteiger partial charge < -0.3 is 15.7 Å². The SMILES string of the molecule is CC[C@@H]1CN[C@H]([C@H](O)[C@@H]2CCNC2)C1. The van der Waals surface area contributed by atoms with E-state index in [4.69, 9.17) is 0 Å². The molecule has 0 spiro atoms. The summed E-state index contributed by atoms with van der Waals surface area (Å²) in [5, 5.41) is 16.9. The molecule has 0 aromatic carbocycles. The molecular weight excluding hydrogens is 176 g/mol. The van der Waals surface area contributed by atoms with Gasteiger partial charge in [0.05, 0.1) is 6.10 Å². The third-order valence-electron chi connectivity index (χ3n) is 3.83. The predicted molar refractivity (Wildman–Crippen MR) is 57.2 cm³/mol. The van der Waals surface area contributed by atoms with Crippen LogP contribution in [0.2, 0.25) is 0 Å². The molecule has 0 saturated carbocycles. The molecule has 3 heteroatoms. The Hall–Kier alpha value is -0.120. The van der Waals surface area contributed by atoms with Gasteiger partial charge in [-0.3, -0.25) is 0 Å². The molecular formula is C11H22N2O. The number of aliphatic hydroxyl groups is 1. The molecule has 2 rings (SSSR count). The fourth-order valence-electron chi connectivity index (χ4n) is 2.71. The van der Waals surface area contributed by atoms with E-state index in [1.165, 1.54) is 6.42 Å². The molecule has 2 saturated heterocycles. The third kappa shape index (κ3) is 2.10. The minimum atomic E-state index is -0.137. The molecule has 2 heterocycles. The first-order valence-electron chi connectivity index (χ1n) is 5.93. The second-order valence-corrected chi connectivity index (χ2v) is 4.77. The number of hydrogen-bond donors (Lipinski definition) is 3. The highest BCUT2D eigenvalue weighted by Crippen LogP contribution is 2.24. The van der Waals surface area contributed by atoms with Crippen LogP contribution in [0.25, 0.3) is 0 Å². The molecule has 0 radical (unpaired) electrons. The van der Waals surface area contributed by atoms with Crippen LogP contribution in [-0.4, -0.2) is 36.9 Å². The monoisotopic (exact) mass is 198 g/mol.